The second kappa shape index (κ2) is 11.0. The fourth-order valence-electron chi connectivity index (χ4n) is 4.82. The summed E-state index contributed by atoms with van der Waals surface area (Å²) < 4.78 is 5.19. The molecule has 2 rings (SSSR count). The normalized spacial score (nSPS) is 15.0. The number of carboxylic acid groups (broad SMARTS) is 1. The van der Waals surface area contributed by atoms with Crippen molar-refractivity contribution >= 4 is 23.3 Å². The van der Waals surface area contributed by atoms with Crippen LogP contribution in [0.5, 0.6) is 0 Å². The van der Waals surface area contributed by atoms with Gasteiger partial charge in [0.1, 0.15) is 6.29 Å². The number of nitrogens with zero attached hydrogens (tertiary/aromatic N) is 1. The number of hydrogen-bond donors (Lipinski definition) is 2. The van der Waals surface area contributed by atoms with Gasteiger partial charge in [0.15, 0.2) is 0 Å². The lowest BCUT2D eigenvalue weighted by atomic mass is 9.76. The number of amides is 1. The van der Waals surface area contributed by atoms with Crippen molar-refractivity contribution in [3.05, 3.63) is 35.5 Å². The van der Waals surface area contributed by atoms with Crippen molar-refractivity contribution in [2.24, 2.45) is 11.8 Å². The molecule has 3 atom stereocenters. The highest BCUT2D eigenvalue weighted by molar-refractivity contribution is 5.84. The third kappa shape index (κ3) is 6.12. The summed E-state index contributed by atoms with van der Waals surface area (Å²) in [7, 11) is 1.72. The van der Waals surface area contributed by atoms with E-state index in [0.717, 1.165) is 31.3 Å². The van der Waals surface area contributed by atoms with Crippen molar-refractivity contribution in [3.63, 3.8) is 0 Å². The van der Waals surface area contributed by atoms with E-state index in [1.165, 1.54) is 21.4 Å². The van der Waals surface area contributed by atoms with Gasteiger partial charge >= 0.3 is 6.09 Å². The molecule has 6 nitrogen and oxygen atoms in total. The number of rotatable bonds is 11. The molecule has 1 aromatic heterocycles. The third-order valence-electron chi connectivity index (χ3n) is 6.54. The van der Waals surface area contributed by atoms with Gasteiger partial charge in [-0.05, 0) is 81.0 Å². The number of hydrogen-bond acceptors (Lipinski definition) is 3. The minimum Gasteiger partial charge on any atom is -0.465 e. The molecule has 32 heavy (non-hydrogen) atoms. The Hall–Kier alpha value is -2.34. The molecule has 0 radical (unpaired) electrons. The van der Waals surface area contributed by atoms with Crippen molar-refractivity contribution < 1.29 is 19.4 Å². The smallest absolute Gasteiger partial charge is 0.408 e. The lowest BCUT2D eigenvalue weighted by Crippen LogP contribution is -2.52. The number of methoxy groups -OCH3 is 1. The van der Waals surface area contributed by atoms with E-state index in [2.05, 4.69) is 50.2 Å². The number of H-pyrrole nitrogens is 1. The van der Waals surface area contributed by atoms with Crippen molar-refractivity contribution in [3.8, 4) is 0 Å². The number of carbonyl (C=O) groups is 2. The second-order valence-corrected chi connectivity index (χ2v) is 10.2. The Kier molecular flexibility index (Phi) is 8.90. The molecule has 0 saturated heterocycles. The molecule has 0 saturated carbocycles. The SMILES string of the molecule is COCCCc1c[nH]c2ccc(C(C)C(CC(C=O)N(C(=O)O)C(C)(C)C)C(C)C)cc12. The third-order valence-corrected chi connectivity index (χ3v) is 6.54. The molecule has 0 aliphatic carbocycles. The topological polar surface area (TPSA) is 82.6 Å². The van der Waals surface area contributed by atoms with E-state index in [4.69, 9.17) is 4.74 Å². The van der Waals surface area contributed by atoms with Crippen LogP contribution < -0.4 is 0 Å². The fourth-order valence-corrected chi connectivity index (χ4v) is 4.82. The predicted octanol–water partition coefficient (Wildman–Crippen LogP) is 5.86. The van der Waals surface area contributed by atoms with Crippen molar-refractivity contribution in [2.75, 3.05) is 13.7 Å². The number of aromatic amines is 1. The number of nitrogens with one attached hydrogen (secondary N) is 1. The number of aromatic nitrogens is 1. The van der Waals surface area contributed by atoms with Crippen molar-refractivity contribution in [2.45, 2.75) is 78.3 Å². The minimum absolute atomic E-state index is 0.155. The zero-order chi connectivity index (χ0) is 24.1. The zero-order valence-corrected chi connectivity index (χ0v) is 20.6. The number of benzene rings is 1. The van der Waals surface area contributed by atoms with Gasteiger partial charge in [-0.25, -0.2) is 4.79 Å². The molecular formula is C26H40N2O4. The van der Waals surface area contributed by atoms with Crippen LogP contribution in [0, 0.1) is 11.8 Å². The molecule has 178 valence electrons. The molecule has 2 aromatic rings. The summed E-state index contributed by atoms with van der Waals surface area (Å²) in [6.07, 6.45) is 4.23. The number of ether oxygens (including phenoxy) is 1. The van der Waals surface area contributed by atoms with E-state index in [-0.39, 0.29) is 11.8 Å². The summed E-state index contributed by atoms with van der Waals surface area (Å²) in [5.41, 5.74) is 2.96. The van der Waals surface area contributed by atoms with Crippen LogP contribution in [0.3, 0.4) is 0 Å². The summed E-state index contributed by atoms with van der Waals surface area (Å²) in [4.78, 5) is 28.6. The maximum absolute atomic E-state index is 12.0. The van der Waals surface area contributed by atoms with E-state index in [1.54, 1.807) is 7.11 Å². The quantitative estimate of drug-likeness (QED) is 0.336. The first-order chi connectivity index (χ1) is 15.0. The molecule has 1 amide bonds. The van der Waals surface area contributed by atoms with Crippen LogP contribution in [0.2, 0.25) is 0 Å². The van der Waals surface area contributed by atoms with Crippen LogP contribution in [0.15, 0.2) is 24.4 Å². The lowest BCUT2D eigenvalue weighted by Gasteiger charge is -2.40. The first kappa shape index (κ1) is 25.9. The highest BCUT2D eigenvalue weighted by atomic mass is 16.5. The Morgan fingerprint density at radius 2 is 1.94 bits per heavy atom. The lowest BCUT2D eigenvalue weighted by molar-refractivity contribution is -0.114. The van der Waals surface area contributed by atoms with Gasteiger partial charge in [-0.3, -0.25) is 4.90 Å². The summed E-state index contributed by atoms with van der Waals surface area (Å²) in [6, 6.07) is 5.84. The highest BCUT2D eigenvalue weighted by Gasteiger charge is 2.36. The van der Waals surface area contributed by atoms with Crippen LogP contribution in [0.25, 0.3) is 10.9 Å². The largest absolute Gasteiger partial charge is 0.465 e. The molecule has 2 N–H and O–H groups in total. The molecule has 3 unspecified atom stereocenters. The van der Waals surface area contributed by atoms with Gasteiger partial charge < -0.3 is 19.6 Å². The summed E-state index contributed by atoms with van der Waals surface area (Å²) >= 11 is 0. The van der Waals surface area contributed by atoms with Gasteiger partial charge in [0.25, 0.3) is 0 Å². The monoisotopic (exact) mass is 444 g/mol. The molecule has 1 aromatic carbocycles. The van der Waals surface area contributed by atoms with Crippen LogP contribution in [0.4, 0.5) is 4.79 Å². The molecule has 0 aliphatic heterocycles. The van der Waals surface area contributed by atoms with Crippen LogP contribution in [-0.4, -0.2) is 52.7 Å². The minimum atomic E-state index is -1.06. The van der Waals surface area contributed by atoms with Gasteiger partial charge in [-0.2, -0.15) is 0 Å². The Balaban J connectivity index is 2.33. The number of aldehydes is 1. The maximum atomic E-state index is 12.0. The second-order valence-electron chi connectivity index (χ2n) is 10.2. The maximum Gasteiger partial charge on any atom is 0.408 e. The van der Waals surface area contributed by atoms with Gasteiger partial charge in [0, 0.05) is 36.4 Å². The number of aryl methyl sites for hydroxylation is 1. The predicted molar refractivity (Wildman–Crippen MR) is 129 cm³/mol. The molecule has 1 heterocycles. The van der Waals surface area contributed by atoms with Crippen molar-refractivity contribution in [1.82, 2.24) is 9.88 Å². The average molecular weight is 445 g/mol. The summed E-state index contributed by atoms with van der Waals surface area (Å²) in [5, 5.41) is 11.0. The average Bonchev–Trinajstić information content (AvgIpc) is 3.11. The highest BCUT2D eigenvalue weighted by Crippen LogP contribution is 2.36. The molecular weight excluding hydrogens is 404 g/mol. The van der Waals surface area contributed by atoms with Gasteiger partial charge in [0.05, 0.1) is 6.04 Å². The van der Waals surface area contributed by atoms with E-state index in [9.17, 15) is 14.7 Å². The molecule has 0 aliphatic rings. The Bertz CT molecular complexity index is 897. The van der Waals surface area contributed by atoms with Gasteiger partial charge in [-0.15, -0.1) is 0 Å². The van der Waals surface area contributed by atoms with Crippen LogP contribution in [-0.2, 0) is 16.0 Å². The zero-order valence-electron chi connectivity index (χ0n) is 20.6. The first-order valence-electron chi connectivity index (χ1n) is 11.6. The standard InChI is InChI=1S/C26H40N2O4/c1-17(2)22(14-21(16-29)28(25(30)31)26(4,5)6)18(3)19-10-11-24-23(13-19)20(15-27-24)9-8-12-32-7/h10-11,13,15-18,21-22,27H,8-9,12,14H2,1-7H3,(H,30,31). The summed E-state index contributed by atoms with van der Waals surface area (Å²) in [6.45, 7) is 12.7. The first-order valence-corrected chi connectivity index (χ1v) is 11.6. The Morgan fingerprint density at radius 1 is 1.25 bits per heavy atom. The number of fused-ring (bicyclic) bond motifs is 1. The van der Waals surface area contributed by atoms with Crippen molar-refractivity contribution in [1.29, 1.82) is 0 Å². The molecule has 0 fully saturated rings. The van der Waals surface area contributed by atoms with E-state index in [1.807, 2.05) is 20.8 Å². The van der Waals surface area contributed by atoms with Gasteiger partial charge in [-0.1, -0.05) is 26.8 Å². The van der Waals surface area contributed by atoms with Crippen LogP contribution >= 0.6 is 0 Å². The van der Waals surface area contributed by atoms with Gasteiger partial charge in [0.2, 0.25) is 0 Å². The summed E-state index contributed by atoms with van der Waals surface area (Å²) in [5.74, 6) is 0.632. The van der Waals surface area contributed by atoms with E-state index >= 15 is 0 Å². The Labute approximate surface area is 192 Å². The van der Waals surface area contributed by atoms with E-state index in [0.29, 0.717) is 12.3 Å². The molecule has 0 bridgehead atoms. The fraction of sp³-hybridized carbons (Fsp3) is 0.615. The molecule has 6 heteroatoms. The molecule has 0 spiro atoms. The van der Waals surface area contributed by atoms with Crippen LogP contribution in [0.1, 0.15) is 71.4 Å². The van der Waals surface area contributed by atoms with E-state index < -0.39 is 17.7 Å². The number of carbonyl (C=O) groups excluding carboxylic acids is 1. The Morgan fingerprint density at radius 3 is 2.47 bits per heavy atom.